The number of aryl methyl sites for hydroxylation is 1. The molecule has 1 heterocycles. The molecule has 5 nitrogen and oxygen atoms in total. The molecule has 0 unspecified atom stereocenters. The Morgan fingerprint density at radius 2 is 2.27 bits per heavy atom. The molecule has 7 heteroatoms. The van der Waals surface area contributed by atoms with Gasteiger partial charge in [0, 0.05) is 12.2 Å². The summed E-state index contributed by atoms with van der Waals surface area (Å²) >= 11 is 4.96. The summed E-state index contributed by atoms with van der Waals surface area (Å²) in [5, 5.41) is 12.0. The number of methoxy groups -OCH3 is 1. The first kappa shape index (κ1) is 17.1. The van der Waals surface area contributed by atoms with E-state index in [9.17, 15) is 14.7 Å². The van der Waals surface area contributed by atoms with Gasteiger partial charge in [0.15, 0.2) is 0 Å². The van der Waals surface area contributed by atoms with E-state index in [1.54, 1.807) is 18.9 Å². The average Bonchev–Trinajstić information content (AvgIpc) is 2.95. The number of carbonyl (C=O) groups excluding carboxylic acids is 1. The standard InChI is InChI=1S/C15H18BrNO4S/c1-21-12-4-2-10(8-11(12)16)3-5-13(18)17-15(14(19)20)6-7-22-9-15/h2,4,8H,3,5-7,9H2,1H3,(H,17,18)(H,19,20)/t15-/m0/s1. The Morgan fingerprint density at radius 3 is 2.82 bits per heavy atom. The lowest BCUT2D eigenvalue weighted by molar-refractivity contribution is -0.146. The molecule has 1 atom stereocenters. The van der Waals surface area contributed by atoms with Gasteiger partial charge < -0.3 is 15.2 Å². The summed E-state index contributed by atoms with van der Waals surface area (Å²) in [6.45, 7) is 0. The van der Waals surface area contributed by atoms with Gasteiger partial charge >= 0.3 is 5.97 Å². The van der Waals surface area contributed by atoms with Gasteiger partial charge in [0.05, 0.1) is 11.6 Å². The molecule has 0 spiro atoms. The molecule has 22 heavy (non-hydrogen) atoms. The molecule has 1 aliphatic rings. The van der Waals surface area contributed by atoms with Crippen LogP contribution in [-0.4, -0.2) is 41.1 Å². The van der Waals surface area contributed by atoms with Crippen LogP contribution in [0.3, 0.4) is 0 Å². The van der Waals surface area contributed by atoms with Gasteiger partial charge in [0.1, 0.15) is 11.3 Å². The average molecular weight is 388 g/mol. The zero-order chi connectivity index (χ0) is 16.2. The fourth-order valence-corrected chi connectivity index (χ4v) is 4.25. The van der Waals surface area contributed by atoms with Crippen molar-refractivity contribution in [1.29, 1.82) is 0 Å². The van der Waals surface area contributed by atoms with E-state index in [-0.39, 0.29) is 12.3 Å². The van der Waals surface area contributed by atoms with Crippen molar-refractivity contribution in [2.24, 2.45) is 0 Å². The Bertz CT molecular complexity index is 573. The third-order valence-electron chi connectivity index (χ3n) is 3.67. The highest BCUT2D eigenvalue weighted by Gasteiger charge is 2.43. The normalized spacial score (nSPS) is 20.6. The Kier molecular flexibility index (Phi) is 5.74. The molecule has 0 saturated carbocycles. The van der Waals surface area contributed by atoms with Gasteiger partial charge in [-0.2, -0.15) is 11.8 Å². The molecule has 2 rings (SSSR count). The van der Waals surface area contributed by atoms with E-state index in [4.69, 9.17) is 4.74 Å². The third kappa shape index (κ3) is 3.95. The smallest absolute Gasteiger partial charge is 0.330 e. The molecular formula is C15H18BrNO4S. The van der Waals surface area contributed by atoms with Gasteiger partial charge in [0.2, 0.25) is 5.91 Å². The molecular weight excluding hydrogens is 370 g/mol. The Balaban J connectivity index is 1.92. The molecule has 1 aromatic rings. The van der Waals surface area contributed by atoms with Crippen molar-refractivity contribution in [3.05, 3.63) is 28.2 Å². The lowest BCUT2D eigenvalue weighted by Crippen LogP contribution is -2.54. The monoisotopic (exact) mass is 387 g/mol. The molecule has 0 aliphatic carbocycles. The van der Waals surface area contributed by atoms with Gasteiger partial charge in [-0.05, 0) is 52.2 Å². The third-order valence-corrected chi connectivity index (χ3v) is 5.48. The molecule has 120 valence electrons. The van der Waals surface area contributed by atoms with Gasteiger partial charge in [-0.15, -0.1) is 0 Å². The Morgan fingerprint density at radius 1 is 1.50 bits per heavy atom. The van der Waals surface area contributed by atoms with Crippen LogP contribution in [0.1, 0.15) is 18.4 Å². The second-order valence-electron chi connectivity index (χ2n) is 5.21. The number of ether oxygens (including phenoxy) is 1. The highest BCUT2D eigenvalue weighted by molar-refractivity contribution is 9.10. The first-order valence-electron chi connectivity index (χ1n) is 6.91. The van der Waals surface area contributed by atoms with Crippen molar-refractivity contribution in [3.63, 3.8) is 0 Å². The second kappa shape index (κ2) is 7.37. The molecule has 0 radical (unpaired) electrons. The SMILES string of the molecule is COc1ccc(CCC(=O)N[C@@]2(C(=O)O)CCSC2)cc1Br. The minimum atomic E-state index is -1.09. The van der Waals surface area contributed by atoms with Gasteiger partial charge in [-0.1, -0.05) is 6.07 Å². The quantitative estimate of drug-likeness (QED) is 0.783. The largest absolute Gasteiger partial charge is 0.496 e. The van der Waals surface area contributed by atoms with Gasteiger partial charge in [-0.25, -0.2) is 4.79 Å². The number of nitrogens with one attached hydrogen (secondary N) is 1. The number of aliphatic carboxylic acids is 1. The maximum atomic E-state index is 12.1. The number of carboxylic acids is 1. The van der Waals surface area contributed by atoms with Crippen LogP contribution in [0.2, 0.25) is 0 Å². The summed E-state index contributed by atoms with van der Waals surface area (Å²) in [6, 6.07) is 5.64. The maximum Gasteiger partial charge on any atom is 0.330 e. The zero-order valence-electron chi connectivity index (χ0n) is 12.2. The summed E-state index contributed by atoms with van der Waals surface area (Å²) in [5.41, 5.74) is -0.101. The van der Waals surface area contributed by atoms with Crippen LogP contribution in [0.4, 0.5) is 0 Å². The van der Waals surface area contributed by atoms with Crippen LogP contribution in [0.5, 0.6) is 5.75 Å². The minimum Gasteiger partial charge on any atom is -0.496 e. The van der Waals surface area contributed by atoms with E-state index in [2.05, 4.69) is 21.2 Å². The van der Waals surface area contributed by atoms with Crippen LogP contribution in [0.15, 0.2) is 22.7 Å². The molecule has 0 aromatic heterocycles. The number of hydrogen-bond donors (Lipinski definition) is 2. The van der Waals surface area contributed by atoms with Crippen molar-refractivity contribution < 1.29 is 19.4 Å². The number of amides is 1. The molecule has 2 N–H and O–H groups in total. The van der Waals surface area contributed by atoms with Crippen molar-refractivity contribution in [2.45, 2.75) is 24.8 Å². The van der Waals surface area contributed by atoms with E-state index in [0.29, 0.717) is 18.6 Å². The number of hydrogen-bond acceptors (Lipinski definition) is 4. The zero-order valence-corrected chi connectivity index (χ0v) is 14.6. The van der Waals surface area contributed by atoms with E-state index in [1.807, 2.05) is 18.2 Å². The van der Waals surface area contributed by atoms with E-state index >= 15 is 0 Å². The summed E-state index contributed by atoms with van der Waals surface area (Å²) in [5.74, 6) is 0.760. The van der Waals surface area contributed by atoms with E-state index in [1.165, 1.54) is 0 Å². The van der Waals surface area contributed by atoms with E-state index < -0.39 is 11.5 Å². The van der Waals surface area contributed by atoms with Crippen molar-refractivity contribution in [2.75, 3.05) is 18.6 Å². The summed E-state index contributed by atoms with van der Waals surface area (Å²) in [4.78, 5) is 23.5. The predicted molar refractivity (Wildman–Crippen MR) is 89.5 cm³/mol. The number of thioether (sulfide) groups is 1. The summed E-state index contributed by atoms with van der Waals surface area (Å²) in [6.07, 6.45) is 1.29. The summed E-state index contributed by atoms with van der Waals surface area (Å²) in [7, 11) is 1.60. The first-order valence-corrected chi connectivity index (χ1v) is 8.86. The van der Waals surface area contributed by atoms with Gasteiger partial charge in [-0.3, -0.25) is 4.79 Å². The fourth-order valence-electron chi connectivity index (χ4n) is 2.34. The highest BCUT2D eigenvalue weighted by Crippen LogP contribution is 2.29. The van der Waals surface area contributed by atoms with Crippen LogP contribution < -0.4 is 10.1 Å². The Labute approximate surface area is 141 Å². The number of benzene rings is 1. The summed E-state index contributed by atoms with van der Waals surface area (Å²) < 4.78 is 6.00. The topological polar surface area (TPSA) is 75.6 Å². The lowest BCUT2D eigenvalue weighted by Gasteiger charge is -2.24. The minimum absolute atomic E-state index is 0.225. The van der Waals surface area contributed by atoms with Crippen LogP contribution in [-0.2, 0) is 16.0 Å². The van der Waals surface area contributed by atoms with Crippen molar-refractivity contribution >= 4 is 39.6 Å². The van der Waals surface area contributed by atoms with Crippen LogP contribution >= 0.6 is 27.7 Å². The molecule has 1 amide bonds. The maximum absolute atomic E-state index is 12.1. The molecule has 1 aliphatic heterocycles. The predicted octanol–water partition coefficient (Wildman–Crippen LogP) is 2.47. The molecule has 1 fully saturated rings. The lowest BCUT2D eigenvalue weighted by atomic mass is 9.98. The molecule has 0 bridgehead atoms. The Hall–Kier alpha value is -1.21. The highest BCUT2D eigenvalue weighted by atomic mass is 79.9. The second-order valence-corrected chi connectivity index (χ2v) is 7.17. The van der Waals surface area contributed by atoms with Crippen LogP contribution in [0, 0.1) is 0 Å². The van der Waals surface area contributed by atoms with E-state index in [0.717, 1.165) is 21.5 Å². The van der Waals surface area contributed by atoms with Crippen molar-refractivity contribution in [3.8, 4) is 5.75 Å². The number of carboxylic acid groups (broad SMARTS) is 1. The number of carbonyl (C=O) groups is 2. The number of halogens is 1. The first-order chi connectivity index (χ1) is 10.5. The molecule has 1 saturated heterocycles. The van der Waals surface area contributed by atoms with Gasteiger partial charge in [0.25, 0.3) is 0 Å². The fraction of sp³-hybridized carbons (Fsp3) is 0.467. The van der Waals surface area contributed by atoms with Crippen LogP contribution in [0.25, 0.3) is 0 Å². The molecule has 1 aromatic carbocycles. The van der Waals surface area contributed by atoms with Crippen molar-refractivity contribution in [1.82, 2.24) is 5.32 Å². The number of rotatable bonds is 6.